The molecule has 0 aromatic carbocycles. The Kier molecular flexibility index (Phi) is 3.62. The number of aromatic nitrogens is 4. The lowest BCUT2D eigenvalue weighted by Gasteiger charge is -2.06. The van der Waals surface area contributed by atoms with Crippen molar-refractivity contribution < 1.29 is 13.9 Å². The van der Waals surface area contributed by atoms with Crippen molar-refractivity contribution in [1.29, 1.82) is 0 Å². The summed E-state index contributed by atoms with van der Waals surface area (Å²) in [5.41, 5.74) is 1.38. The van der Waals surface area contributed by atoms with Crippen LogP contribution in [0.5, 0.6) is 5.88 Å². The summed E-state index contributed by atoms with van der Waals surface area (Å²) in [6.07, 6.45) is 3.37. The summed E-state index contributed by atoms with van der Waals surface area (Å²) in [6, 6.07) is 12.2. The number of rotatable bonds is 4. The SMILES string of the molecule is COc1ccc(C(=O)Nc2c(-c3ccco3)nc3ccccn23)nn1. The van der Waals surface area contributed by atoms with Crippen LogP contribution >= 0.6 is 0 Å². The molecule has 1 N–H and O–H groups in total. The molecule has 4 rings (SSSR count). The molecule has 0 radical (unpaired) electrons. The van der Waals surface area contributed by atoms with Gasteiger partial charge in [-0.15, -0.1) is 10.2 Å². The van der Waals surface area contributed by atoms with E-state index in [1.54, 1.807) is 28.9 Å². The predicted octanol–water partition coefficient (Wildman–Crippen LogP) is 2.65. The van der Waals surface area contributed by atoms with Gasteiger partial charge in [0.1, 0.15) is 17.2 Å². The minimum Gasteiger partial charge on any atom is -0.480 e. The van der Waals surface area contributed by atoms with Crippen molar-refractivity contribution in [3.05, 3.63) is 60.6 Å². The summed E-state index contributed by atoms with van der Waals surface area (Å²) in [6.45, 7) is 0. The minimum atomic E-state index is -0.409. The van der Waals surface area contributed by atoms with Crippen molar-refractivity contribution in [1.82, 2.24) is 19.6 Å². The fourth-order valence-corrected chi connectivity index (χ4v) is 2.42. The lowest BCUT2D eigenvalue weighted by Crippen LogP contribution is -2.16. The number of fused-ring (bicyclic) bond motifs is 1. The van der Waals surface area contributed by atoms with E-state index in [4.69, 9.17) is 9.15 Å². The zero-order valence-corrected chi connectivity index (χ0v) is 13.2. The van der Waals surface area contributed by atoms with Crippen LogP contribution in [0.25, 0.3) is 17.1 Å². The molecule has 0 aliphatic heterocycles. The molecule has 25 heavy (non-hydrogen) atoms. The van der Waals surface area contributed by atoms with E-state index in [1.807, 2.05) is 24.4 Å². The number of nitrogens with one attached hydrogen (secondary N) is 1. The zero-order chi connectivity index (χ0) is 17.2. The van der Waals surface area contributed by atoms with Gasteiger partial charge in [0.2, 0.25) is 5.88 Å². The van der Waals surface area contributed by atoms with E-state index in [0.29, 0.717) is 28.8 Å². The second-order valence-corrected chi connectivity index (χ2v) is 5.13. The fraction of sp³-hybridized carbons (Fsp3) is 0.0588. The van der Waals surface area contributed by atoms with Crippen molar-refractivity contribution in [2.75, 3.05) is 12.4 Å². The number of amides is 1. The lowest BCUT2D eigenvalue weighted by atomic mass is 10.3. The second-order valence-electron chi connectivity index (χ2n) is 5.13. The van der Waals surface area contributed by atoms with Crippen molar-refractivity contribution in [3.63, 3.8) is 0 Å². The lowest BCUT2D eigenvalue weighted by molar-refractivity contribution is 0.102. The first-order valence-electron chi connectivity index (χ1n) is 7.46. The summed E-state index contributed by atoms with van der Waals surface area (Å²) < 4.78 is 12.2. The molecule has 124 valence electrons. The molecule has 0 spiro atoms. The van der Waals surface area contributed by atoms with Crippen LogP contribution in [0, 0.1) is 0 Å². The summed E-state index contributed by atoms with van der Waals surface area (Å²) in [7, 11) is 1.48. The molecule has 8 heteroatoms. The third-order valence-corrected chi connectivity index (χ3v) is 3.60. The number of pyridine rings is 1. The number of imidazole rings is 1. The maximum atomic E-state index is 12.6. The summed E-state index contributed by atoms with van der Waals surface area (Å²) in [5.74, 6) is 0.976. The van der Waals surface area contributed by atoms with Crippen molar-refractivity contribution in [2.45, 2.75) is 0 Å². The summed E-state index contributed by atoms with van der Waals surface area (Å²) in [4.78, 5) is 17.1. The molecule has 0 unspecified atom stereocenters. The van der Waals surface area contributed by atoms with Gasteiger partial charge in [0.05, 0.1) is 13.4 Å². The standard InChI is InChI=1S/C17H13N5O3/c1-24-14-8-7-11(20-21-14)17(23)19-16-15(12-5-4-10-25-12)18-13-6-2-3-9-22(13)16/h2-10H,1H3,(H,19,23). The number of carbonyl (C=O) groups excluding carboxylic acids is 1. The molecule has 1 amide bonds. The van der Waals surface area contributed by atoms with Crippen LogP contribution in [0.4, 0.5) is 5.82 Å². The molecule has 8 nitrogen and oxygen atoms in total. The topological polar surface area (TPSA) is 94.5 Å². The fourth-order valence-electron chi connectivity index (χ4n) is 2.42. The van der Waals surface area contributed by atoms with E-state index in [1.165, 1.54) is 13.2 Å². The Labute approximate surface area is 142 Å². The number of ether oxygens (including phenoxy) is 1. The Bertz CT molecular complexity index is 1020. The first-order chi connectivity index (χ1) is 12.3. The van der Waals surface area contributed by atoms with Crippen molar-refractivity contribution in [3.8, 4) is 17.3 Å². The minimum absolute atomic E-state index is 0.164. The molecule has 4 heterocycles. The summed E-state index contributed by atoms with van der Waals surface area (Å²) >= 11 is 0. The van der Waals surface area contributed by atoms with Gasteiger partial charge in [-0.25, -0.2) is 4.98 Å². The Balaban J connectivity index is 1.74. The molecule has 0 fully saturated rings. The van der Waals surface area contributed by atoms with E-state index in [0.717, 1.165) is 0 Å². The van der Waals surface area contributed by atoms with Gasteiger partial charge in [-0.05, 0) is 30.3 Å². The van der Waals surface area contributed by atoms with Crippen molar-refractivity contribution in [2.24, 2.45) is 0 Å². The number of hydrogen-bond donors (Lipinski definition) is 1. The first kappa shape index (κ1) is 14.9. The van der Waals surface area contributed by atoms with Gasteiger partial charge in [0.25, 0.3) is 5.91 Å². The smallest absolute Gasteiger partial charge is 0.277 e. The van der Waals surface area contributed by atoms with Gasteiger partial charge in [-0.1, -0.05) is 6.07 Å². The quantitative estimate of drug-likeness (QED) is 0.616. The van der Waals surface area contributed by atoms with Crippen LogP contribution in [0.1, 0.15) is 10.5 Å². The molecule has 0 atom stereocenters. The molecule has 4 aromatic heterocycles. The van der Waals surface area contributed by atoms with E-state index >= 15 is 0 Å². The van der Waals surface area contributed by atoms with E-state index in [9.17, 15) is 4.79 Å². The van der Waals surface area contributed by atoms with Crippen LogP contribution in [-0.2, 0) is 0 Å². The predicted molar refractivity (Wildman–Crippen MR) is 89.4 cm³/mol. The highest BCUT2D eigenvalue weighted by Crippen LogP contribution is 2.29. The Morgan fingerprint density at radius 2 is 2.08 bits per heavy atom. The van der Waals surface area contributed by atoms with Crippen molar-refractivity contribution >= 4 is 17.4 Å². The van der Waals surface area contributed by atoms with E-state index in [-0.39, 0.29) is 5.69 Å². The highest BCUT2D eigenvalue weighted by molar-refractivity contribution is 6.04. The molecule has 0 saturated heterocycles. The number of carbonyl (C=O) groups is 1. The normalized spacial score (nSPS) is 10.8. The molecular weight excluding hydrogens is 322 g/mol. The van der Waals surface area contributed by atoms with Gasteiger partial charge in [0.15, 0.2) is 11.5 Å². The average Bonchev–Trinajstić information content (AvgIpc) is 3.30. The van der Waals surface area contributed by atoms with Gasteiger partial charge >= 0.3 is 0 Å². The molecule has 0 saturated carbocycles. The van der Waals surface area contributed by atoms with Crippen LogP contribution < -0.4 is 10.1 Å². The van der Waals surface area contributed by atoms with Crippen LogP contribution in [0.3, 0.4) is 0 Å². The van der Waals surface area contributed by atoms with Gasteiger partial charge < -0.3 is 14.5 Å². The maximum Gasteiger partial charge on any atom is 0.277 e. The Morgan fingerprint density at radius 1 is 1.16 bits per heavy atom. The number of methoxy groups -OCH3 is 1. The number of anilines is 1. The van der Waals surface area contributed by atoms with Gasteiger partial charge in [-0.2, -0.15) is 0 Å². The molecule has 0 aliphatic carbocycles. The monoisotopic (exact) mass is 335 g/mol. The second kappa shape index (κ2) is 6.08. The summed E-state index contributed by atoms with van der Waals surface area (Å²) in [5, 5.41) is 10.5. The van der Waals surface area contributed by atoms with Crippen LogP contribution in [0.2, 0.25) is 0 Å². The number of nitrogens with zero attached hydrogens (tertiary/aromatic N) is 4. The maximum absolute atomic E-state index is 12.6. The molecule has 0 aliphatic rings. The molecule has 4 aromatic rings. The Morgan fingerprint density at radius 3 is 2.80 bits per heavy atom. The first-order valence-corrected chi connectivity index (χ1v) is 7.46. The zero-order valence-electron chi connectivity index (χ0n) is 13.2. The van der Waals surface area contributed by atoms with Gasteiger partial charge in [0, 0.05) is 12.3 Å². The third kappa shape index (κ3) is 2.69. The van der Waals surface area contributed by atoms with E-state index < -0.39 is 5.91 Å². The van der Waals surface area contributed by atoms with Crippen LogP contribution in [0.15, 0.2) is 59.3 Å². The highest BCUT2D eigenvalue weighted by atomic mass is 16.5. The van der Waals surface area contributed by atoms with Crippen LogP contribution in [-0.4, -0.2) is 32.6 Å². The van der Waals surface area contributed by atoms with E-state index in [2.05, 4.69) is 20.5 Å². The molecule has 0 bridgehead atoms. The number of furan rings is 1. The third-order valence-electron chi connectivity index (χ3n) is 3.60. The Hall–Kier alpha value is -3.68. The largest absolute Gasteiger partial charge is 0.480 e. The highest BCUT2D eigenvalue weighted by Gasteiger charge is 2.19. The number of hydrogen-bond acceptors (Lipinski definition) is 6. The average molecular weight is 335 g/mol. The van der Waals surface area contributed by atoms with Gasteiger partial charge in [-0.3, -0.25) is 9.20 Å². The molecular formula is C17H13N5O3.